The van der Waals surface area contributed by atoms with Gasteiger partial charge in [0.2, 0.25) is 0 Å². The second-order valence-electron chi connectivity index (χ2n) is 4.47. The quantitative estimate of drug-likeness (QED) is 0.815. The van der Waals surface area contributed by atoms with E-state index in [2.05, 4.69) is 4.90 Å². The van der Waals surface area contributed by atoms with Gasteiger partial charge in [0.05, 0.1) is 6.17 Å². The Balaban J connectivity index is 2.19. The Morgan fingerprint density at radius 3 is 3.06 bits per heavy atom. The van der Waals surface area contributed by atoms with E-state index in [-0.39, 0.29) is 18.0 Å². The summed E-state index contributed by atoms with van der Waals surface area (Å²) in [7, 11) is 0. The van der Waals surface area contributed by atoms with Crippen molar-refractivity contribution in [3.63, 3.8) is 0 Å². The summed E-state index contributed by atoms with van der Waals surface area (Å²) in [5.41, 5.74) is 7.13. The van der Waals surface area contributed by atoms with Gasteiger partial charge in [-0.05, 0) is 37.5 Å². The molecule has 2 rings (SSSR count). The van der Waals surface area contributed by atoms with E-state index in [9.17, 15) is 4.39 Å². The van der Waals surface area contributed by atoms with Gasteiger partial charge in [-0.2, -0.15) is 0 Å². The molecule has 0 saturated carbocycles. The van der Waals surface area contributed by atoms with Crippen LogP contribution in [0.1, 0.15) is 31.4 Å². The summed E-state index contributed by atoms with van der Waals surface area (Å²) in [5.74, 6) is -0.172. The summed E-state index contributed by atoms with van der Waals surface area (Å²) in [5, 5.41) is 0. The van der Waals surface area contributed by atoms with Gasteiger partial charge in [-0.3, -0.25) is 4.90 Å². The van der Waals surface area contributed by atoms with E-state index in [4.69, 9.17) is 5.73 Å². The van der Waals surface area contributed by atoms with Crippen molar-refractivity contribution < 1.29 is 4.39 Å². The van der Waals surface area contributed by atoms with Gasteiger partial charge in [-0.25, -0.2) is 4.39 Å². The minimum absolute atomic E-state index is 0.0734. The molecule has 0 amide bonds. The van der Waals surface area contributed by atoms with Crippen molar-refractivity contribution in [1.29, 1.82) is 0 Å². The smallest absolute Gasteiger partial charge is 0.123 e. The molecule has 2 N–H and O–H groups in total. The minimum atomic E-state index is -0.172. The van der Waals surface area contributed by atoms with E-state index in [0.29, 0.717) is 0 Å². The van der Waals surface area contributed by atoms with Crippen LogP contribution in [0.4, 0.5) is 4.39 Å². The highest BCUT2D eigenvalue weighted by atomic mass is 19.1. The van der Waals surface area contributed by atoms with Crippen molar-refractivity contribution in [2.24, 2.45) is 5.73 Å². The number of nitrogens with two attached hydrogens (primary N) is 1. The first-order valence-electron chi connectivity index (χ1n) is 6.12. The number of rotatable bonds is 3. The van der Waals surface area contributed by atoms with Crippen LogP contribution in [0.25, 0.3) is 0 Å². The molecule has 2 nitrogen and oxygen atoms in total. The van der Waals surface area contributed by atoms with Crippen molar-refractivity contribution >= 4 is 0 Å². The number of halogens is 1. The molecule has 1 fully saturated rings. The summed E-state index contributed by atoms with van der Waals surface area (Å²) < 4.78 is 13.2. The average molecular weight is 234 g/mol. The third-order valence-electron chi connectivity index (χ3n) is 3.30. The Labute approximate surface area is 102 Å². The molecule has 92 valence electrons. The molecule has 2 unspecified atom stereocenters. The topological polar surface area (TPSA) is 29.3 Å². The molecular weight excluding hydrogens is 215 g/mol. The Hall–Kier alpha value is -1.19. The van der Waals surface area contributed by atoms with Crippen molar-refractivity contribution in [1.82, 2.24) is 4.90 Å². The number of hydrogen-bond donors (Lipinski definition) is 1. The molecular formula is C14H19FN2. The number of hydrogen-bond acceptors (Lipinski definition) is 2. The molecule has 1 aliphatic heterocycles. The highest BCUT2D eigenvalue weighted by Gasteiger charge is 2.28. The molecule has 1 aromatic rings. The van der Waals surface area contributed by atoms with Crippen molar-refractivity contribution in [2.45, 2.75) is 32.0 Å². The number of nitrogens with zero attached hydrogens (tertiary/aromatic N) is 1. The Kier molecular flexibility index (Phi) is 3.92. The molecule has 0 aliphatic carbocycles. The lowest BCUT2D eigenvalue weighted by atomic mass is 10.0. The van der Waals surface area contributed by atoms with E-state index < -0.39 is 0 Å². The average Bonchev–Trinajstić information content (AvgIpc) is 2.78. The molecule has 1 heterocycles. The highest BCUT2D eigenvalue weighted by molar-refractivity contribution is 5.21. The van der Waals surface area contributed by atoms with E-state index >= 15 is 0 Å². The van der Waals surface area contributed by atoms with Crippen molar-refractivity contribution in [2.75, 3.05) is 6.54 Å². The lowest BCUT2D eigenvalue weighted by molar-refractivity contribution is 0.216. The van der Waals surface area contributed by atoms with Gasteiger partial charge in [0, 0.05) is 12.6 Å². The maximum atomic E-state index is 13.2. The zero-order valence-electron chi connectivity index (χ0n) is 10.1. The number of likely N-dealkylation sites (tertiary alicyclic amines) is 1. The summed E-state index contributed by atoms with van der Waals surface area (Å²) in [6, 6.07) is 7.09. The van der Waals surface area contributed by atoms with Crippen LogP contribution in [0.2, 0.25) is 0 Å². The Morgan fingerprint density at radius 1 is 1.53 bits per heavy atom. The summed E-state index contributed by atoms with van der Waals surface area (Å²) >= 11 is 0. The largest absolute Gasteiger partial charge is 0.312 e. The van der Waals surface area contributed by atoms with E-state index in [1.807, 2.05) is 25.1 Å². The summed E-state index contributed by atoms with van der Waals surface area (Å²) in [4.78, 5) is 2.23. The van der Waals surface area contributed by atoms with Crippen LogP contribution in [-0.4, -0.2) is 17.6 Å². The third kappa shape index (κ3) is 2.73. The number of allylic oxidation sites excluding steroid dienone is 1. The molecule has 1 saturated heterocycles. The van der Waals surface area contributed by atoms with Crippen LogP contribution < -0.4 is 5.73 Å². The summed E-state index contributed by atoms with van der Waals surface area (Å²) in [6.07, 6.45) is 6.04. The van der Waals surface area contributed by atoms with Gasteiger partial charge in [0.15, 0.2) is 0 Å². The van der Waals surface area contributed by atoms with Gasteiger partial charge in [0.25, 0.3) is 0 Å². The molecule has 0 bridgehead atoms. The lowest BCUT2D eigenvalue weighted by Gasteiger charge is -2.28. The fourth-order valence-electron chi connectivity index (χ4n) is 2.53. The predicted octanol–water partition coefficient (Wildman–Crippen LogP) is 2.82. The van der Waals surface area contributed by atoms with Crippen LogP contribution in [0.15, 0.2) is 36.4 Å². The number of benzene rings is 1. The second-order valence-corrected chi connectivity index (χ2v) is 4.47. The minimum Gasteiger partial charge on any atom is -0.312 e. The first-order valence-corrected chi connectivity index (χ1v) is 6.12. The van der Waals surface area contributed by atoms with Gasteiger partial charge in [0.1, 0.15) is 5.82 Å². The molecule has 1 aliphatic rings. The molecule has 0 spiro atoms. The molecule has 0 aromatic heterocycles. The Bertz CT molecular complexity index is 403. The molecule has 0 radical (unpaired) electrons. The fourth-order valence-corrected chi connectivity index (χ4v) is 2.53. The van der Waals surface area contributed by atoms with Crippen LogP contribution in [-0.2, 0) is 0 Å². The van der Waals surface area contributed by atoms with Crippen LogP contribution in [0, 0.1) is 5.82 Å². The predicted molar refractivity (Wildman–Crippen MR) is 67.9 cm³/mol. The molecule has 2 atom stereocenters. The maximum absolute atomic E-state index is 13.2. The zero-order chi connectivity index (χ0) is 12.3. The normalized spacial score (nSPS) is 23.4. The Morgan fingerprint density at radius 2 is 2.35 bits per heavy atom. The second kappa shape index (κ2) is 5.43. The molecule has 3 heteroatoms. The lowest BCUT2D eigenvalue weighted by Crippen LogP contribution is -2.39. The van der Waals surface area contributed by atoms with Crippen LogP contribution in [0.5, 0.6) is 0 Å². The van der Waals surface area contributed by atoms with E-state index in [0.717, 1.165) is 24.9 Å². The van der Waals surface area contributed by atoms with Gasteiger partial charge >= 0.3 is 0 Å². The molecule has 1 aromatic carbocycles. The van der Waals surface area contributed by atoms with Crippen LogP contribution >= 0.6 is 0 Å². The van der Waals surface area contributed by atoms with Crippen molar-refractivity contribution in [3.05, 3.63) is 47.8 Å². The SMILES string of the molecule is C/C=C\C(N)N1CCCC1c1cccc(F)c1. The van der Waals surface area contributed by atoms with E-state index in [1.54, 1.807) is 12.1 Å². The van der Waals surface area contributed by atoms with Gasteiger partial charge < -0.3 is 5.73 Å². The van der Waals surface area contributed by atoms with Crippen LogP contribution in [0.3, 0.4) is 0 Å². The molecule has 17 heavy (non-hydrogen) atoms. The van der Waals surface area contributed by atoms with Gasteiger partial charge in [-0.15, -0.1) is 0 Å². The zero-order valence-corrected chi connectivity index (χ0v) is 10.1. The van der Waals surface area contributed by atoms with E-state index in [1.165, 1.54) is 6.07 Å². The first-order chi connectivity index (χ1) is 8.22. The third-order valence-corrected chi connectivity index (χ3v) is 3.30. The maximum Gasteiger partial charge on any atom is 0.123 e. The van der Waals surface area contributed by atoms with Gasteiger partial charge in [-0.1, -0.05) is 24.3 Å². The first kappa shape index (κ1) is 12.3. The highest BCUT2D eigenvalue weighted by Crippen LogP contribution is 2.32. The fraction of sp³-hybridized carbons (Fsp3) is 0.429. The monoisotopic (exact) mass is 234 g/mol. The van der Waals surface area contributed by atoms with Crippen molar-refractivity contribution in [3.8, 4) is 0 Å². The summed E-state index contributed by atoms with van der Waals surface area (Å²) in [6.45, 7) is 2.94. The standard InChI is InChI=1S/C14H19FN2/c1-2-5-14(16)17-9-4-8-13(17)11-6-3-7-12(15)10-11/h2-3,5-7,10,13-14H,4,8-9,16H2,1H3/b5-2-.